The van der Waals surface area contributed by atoms with Crippen LogP contribution in [-0.4, -0.2) is 47.5 Å². The quantitative estimate of drug-likeness (QED) is 0.908. The molecule has 1 saturated heterocycles. The number of halogens is 1. The Morgan fingerprint density at radius 3 is 2.67 bits per heavy atom. The zero-order chi connectivity index (χ0) is 17.1. The van der Waals surface area contributed by atoms with Crippen molar-refractivity contribution in [3.63, 3.8) is 0 Å². The van der Waals surface area contributed by atoms with Crippen molar-refractivity contribution in [1.82, 2.24) is 14.9 Å². The number of amides is 1. The minimum Gasteiger partial charge on any atom is -0.360 e. The van der Waals surface area contributed by atoms with E-state index in [1.54, 1.807) is 29.4 Å². The maximum Gasteiger partial charge on any atom is 0.245 e. The molecule has 6 nitrogen and oxygen atoms in total. The van der Waals surface area contributed by atoms with Gasteiger partial charge in [0.15, 0.2) is 11.6 Å². The summed E-state index contributed by atoms with van der Waals surface area (Å²) in [6.07, 6.45) is 3.92. The first-order valence-electron chi connectivity index (χ1n) is 7.82. The summed E-state index contributed by atoms with van der Waals surface area (Å²) >= 11 is 0. The molecule has 1 aromatic heterocycles. The van der Waals surface area contributed by atoms with Crippen LogP contribution in [-0.2, 0) is 11.3 Å². The van der Waals surface area contributed by atoms with Gasteiger partial charge >= 0.3 is 0 Å². The summed E-state index contributed by atoms with van der Waals surface area (Å²) in [6, 6.07) is 5.91. The number of benzene rings is 1. The Morgan fingerprint density at radius 2 is 1.96 bits per heavy atom. The van der Waals surface area contributed by atoms with E-state index in [4.69, 9.17) is 0 Å². The Hall–Kier alpha value is -2.70. The van der Waals surface area contributed by atoms with E-state index in [-0.39, 0.29) is 17.8 Å². The second-order valence-electron chi connectivity index (χ2n) is 5.99. The van der Waals surface area contributed by atoms with Crippen LogP contribution in [0, 0.1) is 5.82 Å². The summed E-state index contributed by atoms with van der Waals surface area (Å²) in [5.74, 6) is 1.05. The van der Waals surface area contributed by atoms with Crippen LogP contribution < -0.4 is 10.2 Å². The topological polar surface area (TPSA) is 61.4 Å². The summed E-state index contributed by atoms with van der Waals surface area (Å²) in [5.41, 5.74) is 0.916. The Kier molecular flexibility index (Phi) is 4.59. The number of nitrogens with one attached hydrogen (secondary N) is 1. The molecule has 1 aromatic carbocycles. The molecule has 1 N–H and O–H groups in total. The number of nitrogens with zero attached hydrogens (tertiary/aromatic N) is 4. The average molecular weight is 329 g/mol. The van der Waals surface area contributed by atoms with Gasteiger partial charge in [-0.2, -0.15) is 0 Å². The zero-order valence-electron chi connectivity index (χ0n) is 13.7. The van der Waals surface area contributed by atoms with Gasteiger partial charge in [0.1, 0.15) is 11.9 Å². The minimum atomic E-state index is -0.319. The largest absolute Gasteiger partial charge is 0.360 e. The van der Waals surface area contributed by atoms with Crippen molar-refractivity contribution in [3.05, 3.63) is 48.0 Å². The monoisotopic (exact) mass is 329 g/mol. The highest BCUT2D eigenvalue weighted by atomic mass is 19.1. The molecule has 126 valence electrons. The van der Waals surface area contributed by atoms with Crippen LogP contribution in [0.25, 0.3) is 0 Å². The van der Waals surface area contributed by atoms with Gasteiger partial charge < -0.3 is 15.1 Å². The van der Waals surface area contributed by atoms with E-state index in [9.17, 15) is 9.18 Å². The van der Waals surface area contributed by atoms with Crippen LogP contribution in [0.1, 0.15) is 12.0 Å². The smallest absolute Gasteiger partial charge is 0.245 e. The van der Waals surface area contributed by atoms with Crippen molar-refractivity contribution in [2.75, 3.05) is 30.9 Å². The lowest BCUT2D eigenvalue weighted by Gasteiger charge is -2.20. The molecule has 1 amide bonds. The van der Waals surface area contributed by atoms with E-state index >= 15 is 0 Å². The van der Waals surface area contributed by atoms with E-state index in [2.05, 4.69) is 15.3 Å². The third kappa shape index (κ3) is 3.45. The van der Waals surface area contributed by atoms with Crippen LogP contribution in [0.4, 0.5) is 16.0 Å². The van der Waals surface area contributed by atoms with Gasteiger partial charge in [-0.15, -0.1) is 0 Å². The molecule has 1 atom stereocenters. The maximum absolute atomic E-state index is 13.0. The van der Waals surface area contributed by atoms with Crippen molar-refractivity contribution in [1.29, 1.82) is 0 Å². The third-order valence-electron chi connectivity index (χ3n) is 4.00. The third-order valence-corrected chi connectivity index (χ3v) is 4.00. The zero-order valence-corrected chi connectivity index (χ0v) is 13.7. The van der Waals surface area contributed by atoms with Gasteiger partial charge in [0.25, 0.3) is 0 Å². The molecule has 7 heteroatoms. The summed E-state index contributed by atoms with van der Waals surface area (Å²) < 4.78 is 13.0. The minimum absolute atomic E-state index is 0.0229. The number of aromatic nitrogens is 2. The van der Waals surface area contributed by atoms with E-state index in [1.165, 1.54) is 12.1 Å². The lowest BCUT2D eigenvalue weighted by molar-refractivity contribution is -0.128. The summed E-state index contributed by atoms with van der Waals surface area (Å²) in [7, 11) is 3.76. The fourth-order valence-electron chi connectivity index (χ4n) is 2.76. The highest BCUT2D eigenvalue weighted by molar-refractivity contribution is 5.87. The Bertz CT molecular complexity index is 719. The molecular formula is C17H20FN5O. The molecule has 0 saturated carbocycles. The van der Waals surface area contributed by atoms with Gasteiger partial charge in [0, 0.05) is 39.6 Å². The highest BCUT2D eigenvalue weighted by Crippen LogP contribution is 2.23. The van der Waals surface area contributed by atoms with Crippen molar-refractivity contribution >= 4 is 17.5 Å². The number of rotatable bonds is 5. The van der Waals surface area contributed by atoms with Crippen LogP contribution in [0.2, 0.25) is 0 Å². The second-order valence-corrected chi connectivity index (χ2v) is 5.99. The molecule has 1 aliphatic rings. The Labute approximate surface area is 140 Å². The molecule has 0 bridgehead atoms. The van der Waals surface area contributed by atoms with Gasteiger partial charge in [-0.3, -0.25) is 4.79 Å². The Morgan fingerprint density at radius 1 is 1.25 bits per heavy atom. The number of carbonyl (C=O) groups excluding carboxylic acids is 1. The number of likely N-dealkylation sites (tertiary alicyclic amines) is 1. The van der Waals surface area contributed by atoms with Gasteiger partial charge in [-0.05, 0) is 24.1 Å². The molecular weight excluding hydrogens is 309 g/mol. The first-order chi connectivity index (χ1) is 11.5. The fourth-order valence-corrected chi connectivity index (χ4v) is 2.76. The number of hydrogen-bond acceptors (Lipinski definition) is 5. The SMILES string of the molecule is CN(C)c1nccnc1NC1CCN(Cc2ccc(F)cc2)C1=O. The predicted molar refractivity (Wildman–Crippen MR) is 90.2 cm³/mol. The van der Waals surface area contributed by atoms with E-state index < -0.39 is 0 Å². The molecule has 3 rings (SSSR count). The molecule has 1 aliphatic heterocycles. The molecule has 1 unspecified atom stereocenters. The van der Waals surface area contributed by atoms with E-state index in [0.717, 1.165) is 5.56 Å². The van der Waals surface area contributed by atoms with E-state index in [1.807, 2.05) is 19.0 Å². The van der Waals surface area contributed by atoms with Crippen LogP contribution in [0.5, 0.6) is 0 Å². The molecule has 0 radical (unpaired) electrons. The summed E-state index contributed by atoms with van der Waals surface area (Å²) in [4.78, 5) is 24.8. The highest BCUT2D eigenvalue weighted by Gasteiger charge is 2.32. The van der Waals surface area contributed by atoms with Crippen LogP contribution in [0.3, 0.4) is 0 Å². The van der Waals surface area contributed by atoms with E-state index in [0.29, 0.717) is 31.1 Å². The summed E-state index contributed by atoms with van der Waals surface area (Å²) in [5, 5.41) is 3.20. The molecule has 1 fully saturated rings. The normalized spacial score (nSPS) is 17.2. The number of anilines is 2. The maximum atomic E-state index is 13.0. The predicted octanol–water partition coefficient (Wildman–Crippen LogP) is 1.89. The number of carbonyl (C=O) groups is 1. The standard InChI is InChI=1S/C17H20FN5O/c1-22(2)16-15(19-8-9-20-16)21-14-7-10-23(17(14)24)11-12-3-5-13(18)6-4-12/h3-6,8-9,14H,7,10-11H2,1-2H3,(H,19,21). The van der Waals surface area contributed by atoms with Crippen molar-refractivity contribution in [2.24, 2.45) is 0 Å². The molecule has 0 spiro atoms. The number of hydrogen-bond donors (Lipinski definition) is 1. The average Bonchev–Trinajstić information content (AvgIpc) is 2.90. The lowest BCUT2D eigenvalue weighted by atomic mass is 10.2. The van der Waals surface area contributed by atoms with Crippen molar-refractivity contribution < 1.29 is 9.18 Å². The first-order valence-corrected chi connectivity index (χ1v) is 7.82. The van der Waals surface area contributed by atoms with Gasteiger partial charge in [0.2, 0.25) is 5.91 Å². The Balaban J connectivity index is 1.67. The summed E-state index contributed by atoms with van der Waals surface area (Å²) in [6.45, 7) is 1.14. The molecule has 2 aromatic rings. The lowest BCUT2D eigenvalue weighted by Crippen LogP contribution is -2.33. The van der Waals surface area contributed by atoms with Gasteiger partial charge in [-0.1, -0.05) is 12.1 Å². The second kappa shape index (κ2) is 6.82. The fraction of sp³-hybridized carbons (Fsp3) is 0.353. The van der Waals surface area contributed by atoms with Crippen molar-refractivity contribution in [3.8, 4) is 0 Å². The van der Waals surface area contributed by atoms with Gasteiger partial charge in [-0.25, -0.2) is 14.4 Å². The first kappa shape index (κ1) is 16.2. The molecule has 0 aliphatic carbocycles. The van der Waals surface area contributed by atoms with Crippen LogP contribution >= 0.6 is 0 Å². The molecule has 24 heavy (non-hydrogen) atoms. The van der Waals surface area contributed by atoms with Crippen LogP contribution in [0.15, 0.2) is 36.7 Å². The molecule has 2 heterocycles. The van der Waals surface area contributed by atoms with Gasteiger partial charge in [0.05, 0.1) is 0 Å². The van der Waals surface area contributed by atoms with Crippen molar-refractivity contribution in [2.45, 2.75) is 19.0 Å².